The number of furan rings is 1. The first kappa shape index (κ1) is 9.00. The van der Waals surface area contributed by atoms with Crippen LogP contribution in [0.3, 0.4) is 0 Å². The Kier molecular flexibility index (Phi) is 2.12. The highest BCUT2D eigenvalue weighted by Crippen LogP contribution is 2.18. The standard InChI is InChI=1S/C12H12O2/c1-8(2)12(13)10-3-4-11-9(7-10)5-6-14-11/h3-8H,1-2H3. The van der Waals surface area contributed by atoms with Gasteiger partial charge in [0.25, 0.3) is 0 Å². The second kappa shape index (κ2) is 3.29. The summed E-state index contributed by atoms with van der Waals surface area (Å²) in [5.41, 5.74) is 1.58. The van der Waals surface area contributed by atoms with Crippen LogP contribution in [0.4, 0.5) is 0 Å². The van der Waals surface area contributed by atoms with Crippen molar-refractivity contribution < 1.29 is 9.21 Å². The van der Waals surface area contributed by atoms with Gasteiger partial charge in [-0.05, 0) is 24.3 Å². The summed E-state index contributed by atoms with van der Waals surface area (Å²) in [4.78, 5) is 11.7. The maximum Gasteiger partial charge on any atom is 0.165 e. The van der Waals surface area contributed by atoms with E-state index < -0.39 is 0 Å². The summed E-state index contributed by atoms with van der Waals surface area (Å²) in [5.74, 6) is 0.215. The third-order valence-corrected chi connectivity index (χ3v) is 2.26. The summed E-state index contributed by atoms with van der Waals surface area (Å²) in [6.07, 6.45) is 1.63. The van der Waals surface area contributed by atoms with Gasteiger partial charge in [-0.25, -0.2) is 0 Å². The fraction of sp³-hybridized carbons (Fsp3) is 0.250. The fourth-order valence-electron chi connectivity index (χ4n) is 1.45. The van der Waals surface area contributed by atoms with Gasteiger partial charge >= 0.3 is 0 Å². The van der Waals surface area contributed by atoms with Crippen LogP contribution in [0.1, 0.15) is 24.2 Å². The molecule has 0 bridgehead atoms. The van der Waals surface area contributed by atoms with Gasteiger partial charge in [-0.2, -0.15) is 0 Å². The molecule has 0 fully saturated rings. The van der Waals surface area contributed by atoms with Crippen LogP contribution in [0.5, 0.6) is 0 Å². The fourth-order valence-corrected chi connectivity index (χ4v) is 1.45. The first-order valence-corrected chi connectivity index (χ1v) is 4.70. The summed E-state index contributed by atoms with van der Waals surface area (Å²) in [6.45, 7) is 3.81. The van der Waals surface area contributed by atoms with E-state index in [0.717, 1.165) is 16.5 Å². The van der Waals surface area contributed by atoms with Gasteiger partial charge < -0.3 is 4.42 Å². The number of carbonyl (C=O) groups is 1. The molecule has 0 atom stereocenters. The lowest BCUT2D eigenvalue weighted by Crippen LogP contribution is -2.06. The number of carbonyl (C=O) groups excluding carboxylic acids is 1. The molecule has 2 rings (SSSR count). The molecule has 0 saturated heterocycles. The van der Waals surface area contributed by atoms with Crippen molar-refractivity contribution in [1.82, 2.24) is 0 Å². The lowest BCUT2D eigenvalue weighted by molar-refractivity contribution is 0.0939. The molecule has 0 aliphatic carbocycles. The number of rotatable bonds is 2. The average molecular weight is 188 g/mol. The van der Waals surface area contributed by atoms with E-state index in [0.29, 0.717) is 0 Å². The quantitative estimate of drug-likeness (QED) is 0.677. The van der Waals surface area contributed by atoms with Crippen LogP contribution in [0.25, 0.3) is 11.0 Å². The van der Waals surface area contributed by atoms with Crippen LogP contribution in [0.15, 0.2) is 34.9 Å². The van der Waals surface area contributed by atoms with Crippen LogP contribution in [0, 0.1) is 5.92 Å². The number of fused-ring (bicyclic) bond motifs is 1. The zero-order valence-electron chi connectivity index (χ0n) is 8.28. The Hall–Kier alpha value is -1.57. The molecular weight excluding hydrogens is 176 g/mol. The van der Waals surface area contributed by atoms with E-state index in [9.17, 15) is 4.79 Å². The van der Waals surface area contributed by atoms with E-state index in [4.69, 9.17) is 4.42 Å². The SMILES string of the molecule is CC(C)C(=O)c1ccc2occc2c1. The van der Waals surface area contributed by atoms with Gasteiger partial charge in [-0.3, -0.25) is 4.79 Å². The second-order valence-electron chi connectivity index (χ2n) is 3.69. The Balaban J connectivity index is 2.48. The predicted octanol–water partition coefficient (Wildman–Crippen LogP) is 3.27. The van der Waals surface area contributed by atoms with Crippen LogP contribution < -0.4 is 0 Å². The molecule has 0 radical (unpaired) electrons. The first-order valence-electron chi connectivity index (χ1n) is 4.70. The molecule has 1 aromatic carbocycles. The summed E-state index contributed by atoms with van der Waals surface area (Å²) in [6, 6.07) is 7.40. The maximum absolute atomic E-state index is 11.7. The van der Waals surface area contributed by atoms with Crippen molar-refractivity contribution in [2.24, 2.45) is 5.92 Å². The summed E-state index contributed by atoms with van der Waals surface area (Å²) in [5, 5.41) is 0.983. The summed E-state index contributed by atoms with van der Waals surface area (Å²) in [7, 11) is 0. The van der Waals surface area contributed by atoms with Crippen LogP contribution in [0.2, 0.25) is 0 Å². The van der Waals surface area contributed by atoms with E-state index in [1.807, 2.05) is 38.1 Å². The predicted molar refractivity (Wildman–Crippen MR) is 55.4 cm³/mol. The maximum atomic E-state index is 11.7. The van der Waals surface area contributed by atoms with Crippen molar-refractivity contribution in [1.29, 1.82) is 0 Å². The highest BCUT2D eigenvalue weighted by Gasteiger charge is 2.10. The van der Waals surface area contributed by atoms with E-state index in [1.165, 1.54) is 0 Å². The van der Waals surface area contributed by atoms with Gasteiger partial charge in [0.15, 0.2) is 5.78 Å². The van der Waals surface area contributed by atoms with Crippen LogP contribution in [-0.4, -0.2) is 5.78 Å². The average Bonchev–Trinajstić information content (AvgIpc) is 2.62. The minimum atomic E-state index is 0.0411. The van der Waals surface area contributed by atoms with Crippen molar-refractivity contribution in [2.75, 3.05) is 0 Å². The number of benzene rings is 1. The first-order chi connectivity index (χ1) is 6.68. The van der Waals surface area contributed by atoms with Gasteiger partial charge in [0.1, 0.15) is 5.58 Å². The van der Waals surface area contributed by atoms with Gasteiger partial charge in [0.2, 0.25) is 0 Å². The third kappa shape index (κ3) is 1.43. The van der Waals surface area contributed by atoms with E-state index in [1.54, 1.807) is 6.26 Å². The highest BCUT2D eigenvalue weighted by atomic mass is 16.3. The van der Waals surface area contributed by atoms with E-state index >= 15 is 0 Å². The summed E-state index contributed by atoms with van der Waals surface area (Å²) < 4.78 is 5.20. The van der Waals surface area contributed by atoms with Crippen molar-refractivity contribution >= 4 is 16.8 Å². The van der Waals surface area contributed by atoms with Gasteiger partial charge in [-0.1, -0.05) is 13.8 Å². The molecule has 1 aromatic heterocycles. The zero-order chi connectivity index (χ0) is 10.1. The molecule has 0 spiro atoms. The molecule has 1 heterocycles. The van der Waals surface area contributed by atoms with E-state index in [-0.39, 0.29) is 11.7 Å². The zero-order valence-corrected chi connectivity index (χ0v) is 8.28. The van der Waals surface area contributed by atoms with Crippen LogP contribution in [-0.2, 0) is 0 Å². The van der Waals surface area contributed by atoms with Gasteiger partial charge in [0.05, 0.1) is 6.26 Å². The number of hydrogen-bond acceptors (Lipinski definition) is 2. The molecule has 0 saturated carbocycles. The van der Waals surface area contributed by atoms with Gasteiger partial charge in [0, 0.05) is 16.9 Å². The van der Waals surface area contributed by atoms with Crippen molar-refractivity contribution in [3.63, 3.8) is 0 Å². The topological polar surface area (TPSA) is 30.2 Å². The molecule has 0 unspecified atom stereocenters. The second-order valence-corrected chi connectivity index (χ2v) is 3.69. The minimum Gasteiger partial charge on any atom is -0.464 e. The molecule has 14 heavy (non-hydrogen) atoms. The third-order valence-electron chi connectivity index (χ3n) is 2.26. The van der Waals surface area contributed by atoms with Gasteiger partial charge in [-0.15, -0.1) is 0 Å². The molecular formula is C12H12O2. The Morgan fingerprint density at radius 3 is 2.79 bits per heavy atom. The number of ketones is 1. The minimum absolute atomic E-state index is 0.0411. The number of hydrogen-bond donors (Lipinski definition) is 0. The van der Waals surface area contributed by atoms with Crippen molar-refractivity contribution in [3.8, 4) is 0 Å². The lowest BCUT2D eigenvalue weighted by Gasteiger charge is -2.03. The van der Waals surface area contributed by atoms with E-state index in [2.05, 4.69) is 0 Å². The normalized spacial score (nSPS) is 11.1. The molecule has 72 valence electrons. The largest absolute Gasteiger partial charge is 0.464 e. The lowest BCUT2D eigenvalue weighted by atomic mass is 10.0. The Labute approximate surface area is 82.5 Å². The Morgan fingerprint density at radius 2 is 2.07 bits per heavy atom. The highest BCUT2D eigenvalue weighted by molar-refractivity contribution is 6.00. The molecule has 0 amide bonds. The molecule has 0 N–H and O–H groups in total. The smallest absolute Gasteiger partial charge is 0.165 e. The molecule has 0 aliphatic heterocycles. The molecule has 2 heteroatoms. The number of Topliss-reactive ketones (excluding diaryl/α,β-unsaturated/α-hetero) is 1. The monoisotopic (exact) mass is 188 g/mol. The van der Waals surface area contributed by atoms with Crippen molar-refractivity contribution in [2.45, 2.75) is 13.8 Å². The molecule has 2 aromatic rings. The van der Waals surface area contributed by atoms with Crippen LogP contribution >= 0.6 is 0 Å². The summed E-state index contributed by atoms with van der Waals surface area (Å²) >= 11 is 0. The molecule has 0 aliphatic rings. The Morgan fingerprint density at radius 1 is 1.29 bits per heavy atom. The Bertz CT molecular complexity index is 466. The molecule has 2 nitrogen and oxygen atoms in total. The van der Waals surface area contributed by atoms with Crippen molar-refractivity contribution in [3.05, 3.63) is 36.1 Å².